The highest BCUT2D eigenvalue weighted by atomic mass is 28.4. The molecule has 2 aliphatic rings. The summed E-state index contributed by atoms with van der Waals surface area (Å²) < 4.78 is 47.4. The van der Waals surface area contributed by atoms with Crippen LogP contribution in [0.1, 0.15) is 71.1 Å². The molecule has 0 amide bonds. The Balaban J connectivity index is 1.80. The maximum atomic E-state index is 6.88. The molecule has 5 unspecified atom stereocenters. The maximum Gasteiger partial charge on any atom is 0.335 e. The summed E-state index contributed by atoms with van der Waals surface area (Å²) in [6, 6.07) is 4.65. The van der Waals surface area contributed by atoms with E-state index in [1.54, 1.807) is 28.4 Å². The number of hydrogen-bond donors (Lipinski definition) is 0. The molecule has 0 aromatic heterocycles. The molecule has 0 saturated carbocycles. The van der Waals surface area contributed by atoms with E-state index < -0.39 is 17.1 Å². The third kappa shape index (κ3) is 17.8. The molecule has 0 radical (unpaired) electrons. The van der Waals surface area contributed by atoms with Crippen molar-refractivity contribution < 1.29 is 36.7 Å². The highest BCUT2D eigenvalue weighted by molar-refractivity contribution is 6.66. The standard InChI is InChI=1S/C34H76N2O8Si4/c1-30(32-29-36(21-15-25-46-34(39-4)40-5)23-17-27-48(9,42-7)44-32)18-12-10-11-13-19-31-28-35(20-14-24-45-33(37-2)38-3)22-16-26-47(8,41-6)43-31/h30-34H,10-29,45-46H2,1-9H3. The quantitative estimate of drug-likeness (QED) is 0.0788. The first-order chi connectivity index (χ1) is 23.1. The van der Waals surface area contributed by atoms with Gasteiger partial charge in [-0.3, -0.25) is 0 Å². The SMILES string of the molecule is COC(OC)[SiH2]CCCN1CCC[Si](C)(OC)OC(CCCCCCC(C)C2CN(CCC[SiH2]C(OC)OC)CCC[Si](C)(OC)O2)C1. The third-order valence-electron chi connectivity index (χ3n) is 10.7. The van der Waals surface area contributed by atoms with E-state index in [0.717, 1.165) is 70.6 Å². The van der Waals surface area contributed by atoms with E-state index in [0.29, 0.717) is 5.92 Å². The molecule has 0 N–H and O–H groups in total. The predicted octanol–water partition coefficient (Wildman–Crippen LogP) is 4.69. The Morgan fingerprint density at radius 3 is 1.69 bits per heavy atom. The van der Waals surface area contributed by atoms with Gasteiger partial charge in [-0.1, -0.05) is 44.7 Å². The second-order valence-corrected chi connectivity index (χ2v) is 25.4. The topological polar surface area (TPSA) is 80.3 Å². The Bertz CT molecular complexity index is 806. The van der Waals surface area contributed by atoms with Crippen LogP contribution in [0.5, 0.6) is 0 Å². The lowest BCUT2D eigenvalue weighted by molar-refractivity contribution is -0.0443. The molecular formula is C34H76N2O8Si4. The summed E-state index contributed by atoms with van der Waals surface area (Å²) in [7, 11) is 5.78. The van der Waals surface area contributed by atoms with Crippen molar-refractivity contribution in [1.82, 2.24) is 9.80 Å². The van der Waals surface area contributed by atoms with E-state index in [-0.39, 0.29) is 43.1 Å². The van der Waals surface area contributed by atoms with Crippen molar-refractivity contribution in [3.8, 4) is 0 Å². The molecule has 48 heavy (non-hydrogen) atoms. The van der Waals surface area contributed by atoms with E-state index in [2.05, 4.69) is 29.8 Å². The van der Waals surface area contributed by atoms with Gasteiger partial charge in [0.1, 0.15) is 11.8 Å². The summed E-state index contributed by atoms with van der Waals surface area (Å²) in [5.41, 5.74) is 0. The predicted molar refractivity (Wildman–Crippen MR) is 207 cm³/mol. The third-order valence-corrected chi connectivity index (χ3v) is 20.7. The minimum atomic E-state index is -2.13. The van der Waals surface area contributed by atoms with E-state index in [4.69, 9.17) is 36.7 Å². The monoisotopic (exact) mass is 752 g/mol. The van der Waals surface area contributed by atoms with Crippen molar-refractivity contribution in [2.24, 2.45) is 5.92 Å². The zero-order chi connectivity index (χ0) is 35.3. The highest BCUT2D eigenvalue weighted by Gasteiger charge is 2.38. The average Bonchev–Trinajstić information content (AvgIpc) is 3.07. The lowest BCUT2D eigenvalue weighted by Gasteiger charge is -2.39. The van der Waals surface area contributed by atoms with Gasteiger partial charge < -0.3 is 46.5 Å². The summed E-state index contributed by atoms with van der Waals surface area (Å²) in [5.74, 6) is 0.611. The molecule has 2 aliphatic heterocycles. The fourth-order valence-corrected chi connectivity index (χ4v) is 14.2. The number of hydrogen-bond acceptors (Lipinski definition) is 10. The van der Waals surface area contributed by atoms with Crippen LogP contribution in [-0.4, -0.2) is 152 Å². The minimum Gasteiger partial charge on any atom is -0.398 e. The van der Waals surface area contributed by atoms with Gasteiger partial charge in [-0.2, -0.15) is 0 Å². The smallest absolute Gasteiger partial charge is 0.335 e. The second kappa shape index (κ2) is 25.4. The lowest BCUT2D eigenvalue weighted by atomic mass is 9.96. The van der Waals surface area contributed by atoms with Crippen molar-refractivity contribution in [2.45, 2.75) is 132 Å². The summed E-state index contributed by atoms with van der Waals surface area (Å²) in [4.78, 5) is 5.30. The van der Waals surface area contributed by atoms with E-state index >= 15 is 0 Å². The van der Waals surface area contributed by atoms with Crippen LogP contribution in [0.2, 0.25) is 37.3 Å². The van der Waals surface area contributed by atoms with E-state index in [1.165, 1.54) is 57.0 Å². The summed E-state index contributed by atoms with van der Waals surface area (Å²) >= 11 is 0. The maximum absolute atomic E-state index is 6.88. The van der Waals surface area contributed by atoms with Crippen molar-refractivity contribution in [2.75, 3.05) is 81.9 Å². The molecule has 0 aliphatic carbocycles. The van der Waals surface area contributed by atoms with Gasteiger partial charge in [0.2, 0.25) is 0 Å². The first kappa shape index (κ1) is 44.6. The van der Waals surface area contributed by atoms with Crippen LogP contribution >= 0.6 is 0 Å². The summed E-state index contributed by atoms with van der Waals surface area (Å²) in [6.07, 6.45) is 12.6. The van der Waals surface area contributed by atoms with Gasteiger partial charge in [0.05, 0.1) is 31.2 Å². The van der Waals surface area contributed by atoms with Gasteiger partial charge in [0.25, 0.3) is 0 Å². The Labute approximate surface area is 302 Å². The number of nitrogens with zero attached hydrogens (tertiary/aromatic N) is 2. The molecule has 2 rings (SSSR count). The van der Waals surface area contributed by atoms with Crippen LogP contribution in [0, 0.1) is 5.92 Å². The molecule has 0 bridgehead atoms. The van der Waals surface area contributed by atoms with Gasteiger partial charge in [-0.25, -0.2) is 0 Å². The zero-order valence-corrected chi connectivity index (χ0v) is 37.4. The highest BCUT2D eigenvalue weighted by Crippen LogP contribution is 2.28. The van der Waals surface area contributed by atoms with Crippen LogP contribution < -0.4 is 0 Å². The molecule has 2 fully saturated rings. The van der Waals surface area contributed by atoms with Crippen LogP contribution in [0.15, 0.2) is 0 Å². The molecule has 5 atom stereocenters. The van der Waals surface area contributed by atoms with Crippen molar-refractivity contribution in [3.05, 3.63) is 0 Å². The largest absolute Gasteiger partial charge is 0.398 e. The molecule has 2 heterocycles. The van der Waals surface area contributed by atoms with Crippen LogP contribution in [0.4, 0.5) is 0 Å². The normalized spacial score (nSPS) is 28.1. The lowest BCUT2D eigenvalue weighted by Crippen LogP contribution is -2.50. The van der Waals surface area contributed by atoms with Crippen LogP contribution in [-0.2, 0) is 36.7 Å². The van der Waals surface area contributed by atoms with Gasteiger partial charge >= 0.3 is 17.1 Å². The van der Waals surface area contributed by atoms with E-state index in [1.807, 2.05) is 14.2 Å². The fourth-order valence-electron chi connectivity index (χ4n) is 7.33. The first-order valence-electron chi connectivity index (χ1n) is 19.1. The van der Waals surface area contributed by atoms with Gasteiger partial charge in [0.15, 0.2) is 0 Å². The average molecular weight is 753 g/mol. The molecule has 10 nitrogen and oxygen atoms in total. The van der Waals surface area contributed by atoms with Gasteiger partial charge in [-0.05, 0) is 95.8 Å². The van der Waals surface area contributed by atoms with Crippen molar-refractivity contribution >= 4 is 36.2 Å². The van der Waals surface area contributed by atoms with Crippen LogP contribution in [0.25, 0.3) is 0 Å². The second-order valence-electron chi connectivity index (χ2n) is 14.6. The van der Waals surface area contributed by atoms with Gasteiger partial charge in [-0.15, -0.1) is 0 Å². The first-order valence-corrected chi connectivity index (χ1v) is 27.8. The zero-order valence-electron chi connectivity index (χ0n) is 32.6. The molecular weight excluding hydrogens is 677 g/mol. The summed E-state index contributed by atoms with van der Waals surface area (Å²) in [6.45, 7) is 13.6. The van der Waals surface area contributed by atoms with Gasteiger partial charge in [0, 0.05) is 55.7 Å². The molecule has 0 aromatic rings. The number of ether oxygens (including phenoxy) is 4. The molecule has 14 heteroatoms. The summed E-state index contributed by atoms with van der Waals surface area (Å²) in [5, 5.41) is 0. The molecule has 0 spiro atoms. The van der Waals surface area contributed by atoms with Crippen LogP contribution in [0.3, 0.4) is 0 Å². The number of unbranched alkanes of at least 4 members (excludes halogenated alkanes) is 3. The van der Waals surface area contributed by atoms with Crippen molar-refractivity contribution in [3.63, 3.8) is 0 Å². The van der Waals surface area contributed by atoms with Crippen molar-refractivity contribution in [1.29, 1.82) is 0 Å². The molecule has 286 valence electrons. The fraction of sp³-hybridized carbons (Fsp3) is 1.00. The Morgan fingerprint density at radius 2 is 1.17 bits per heavy atom. The number of rotatable bonds is 24. The Hall–Kier alpha value is 0.468. The minimum absolute atomic E-state index is 0.0425. The Morgan fingerprint density at radius 1 is 0.667 bits per heavy atom. The molecule has 2 saturated heterocycles. The number of methoxy groups -OCH3 is 4. The Kier molecular flexibility index (Phi) is 23.7. The van der Waals surface area contributed by atoms with E-state index in [9.17, 15) is 0 Å². The molecule has 0 aromatic carbocycles.